The number of rotatable bonds is 6. The van der Waals surface area contributed by atoms with E-state index in [0.717, 1.165) is 23.2 Å². The van der Waals surface area contributed by atoms with Gasteiger partial charge in [0.1, 0.15) is 5.69 Å². The number of carbonyl (C=O) groups excluding carboxylic acids is 2. The molecule has 2 amide bonds. The van der Waals surface area contributed by atoms with Gasteiger partial charge in [0, 0.05) is 35.8 Å². The van der Waals surface area contributed by atoms with Crippen LogP contribution in [0.1, 0.15) is 35.0 Å². The van der Waals surface area contributed by atoms with Crippen LogP contribution in [0.25, 0.3) is 0 Å². The van der Waals surface area contributed by atoms with Crippen LogP contribution in [0.3, 0.4) is 0 Å². The Hall–Kier alpha value is -3.45. The Balaban J connectivity index is 1.41. The first kappa shape index (κ1) is 21.8. The number of benzene rings is 2. The zero-order chi connectivity index (χ0) is 22.7. The number of hydrogen-bond donors (Lipinski definition) is 1. The molecular weight excluding hydrogens is 428 g/mol. The Labute approximate surface area is 190 Å². The lowest BCUT2D eigenvalue weighted by atomic mass is 10.1. The number of anilines is 1. The maximum atomic E-state index is 13.2. The average molecular weight is 451 g/mol. The first-order valence-electron chi connectivity index (χ1n) is 10.4. The smallest absolute Gasteiger partial charge is 0.278 e. The number of amides is 2. The van der Waals surface area contributed by atoms with Gasteiger partial charge in [-0.15, -0.1) is 0 Å². The highest BCUT2D eigenvalue weighted by molar-refractivity contribution is 6.30. The molecule has 0 bridgehead atoms. The Morgan fingerprint density at radius 3 is 2.62 bits per heavy atom. The summed E-state index contributed by atoms with van der Waals surface area (Å²) in [5.41, 5.74) is 2.72. The van der Waals surface area contributed by atoms with E-state index in [4.69, 9.17) is 11.6 Å². The quantitative estimate of drug-likeness (QED) is 0.625. The second-order valence-electron chi connectivity index (χ2n) is 7.79. The van der Waals surface area contributed by atoms with Gasteiger partial charge in [-0.2, -0.15) is 5.10 Å². The van der Waals surface area contributed by atoms with Crippen LogP contribution in [0, 0.1) is 0 Å². The van der Waals surface area contributed by atoms with Crippen LogP contribution in [0.4, 0.5) is 5.69 Å². The molecule has 1 aliphatic heterocycles. The van der Waals surface area contributed by atoms with Crippen LogP contribution in [-0.4, -0.2) is 27.6 Å². The number of para-hydroxylation sites is 1. The van der Waals surface area contributed by atoms with Gasteiger partial charge in [-0.05, 0) is 48.7 Å². The van der Waals surface area contributed by atoms with Gasteiger partial charge in [-0.1, -0.05) is 41.9 Å². The van der Waals surface area contributed by atoms with Crippen LogP contribution < -0.4 is 15.8 Å². The van der Waals surface area contributed by atoms with E-state index in [1.807, 2.05) is 43.3 Å². The first-order valence-corrected chi connectivity index (χ1v) is 10.8. The van der Waals surface area contributed by atoms with Crippen molar-refractivity contribution in [3.63, 3.8) is 0 Å². The summed E-state index contributed by atoms with van der Waals surface area (Å²) in [7, 11) is 0. The maximum Gasteiger partial charge on any atom is 0.278 e. The van der Waals surface area contributed by atoms with Gasteiger partial charge in [0.05, 0.1) is 6.54 Å². The van der Waals surface area contributed by atoms with Gasteiger partial charge in [-0.25, -0.2) is 4.68 Å². The van der Waals surface area contributed by atoms with E-state index in [1.165, 1.54) is 16.8 Å². The van der Waals surface area contributed by atoms with Crippen LogP contribution in [-0.2, 0) is 24.3 Å². The number of halogens is 1. The summed E-state index contributed by atoms with van der Waals surface area (Å²) in [4.78, 5) is 39.3. The van der Waals surface area contributed by atoms with Gasteiger partial charge in [0.25, 0.3) is 11.5 Å². The highest BCUT2D eigenvalue weighted by atomic mass is 35.5. The minimum absolute atomic E-state index is 0.000670. The van der Waals surface area contributed by atoms with Crippen LogP contribution in [0.5, 0.6) is 0 Å². The van der Waals surface area contributed by atoms with Crippen LogP contribution in [0.2, 0.25) is 5.02 Å². The Bertz CT molecular complexity index is 1210. The van der Waals surface area contributed by atoms with Crippen molar-refractivity contribution >= 4 is 29.1 Å². The van der Waals surface area contributed by atoms with Crippen molar-refractivity contribution in [2.75, 3.05) is 4.90 Å². The molecule has 1 aliphatic rings. The molecule has 1 N–H and O–H groups in total. The zero-order valence-electron chi connectivity index (χ0n) is 17.6. The van der Waals surface area contributed by atoms with Crippen molar-refractivity contribution in [3.8, 4) is 0 Å². The minimum atomic E-state index is -0.359. The van der Waals surface area contributed by atoms with Gasteiger partial charge < -0.3 is 10.2 Å². The maximum absolute atomic E-state index is 13.2. The summed E-state index contributed by atoms with van der Waals surface area (Å²) < 4.78 is 1.17. The first-order chi connectivity index (χ1) is 15.4. The molecule has 1 aromatic heterocycles. The molecular formula is C24H23ClN4O3. The number of aromatic nitrogens is 2. The monoisotopic (exact) mass is 450 g/mol. The summed E-state index contributed by atoms with van der Waals surface area (Å²) in [6.45, 7) is 2.43. The van der Waals surface area contributed by atoms with Gasteiger partial charge in [0.2, 0.25) is 5.91 Å². The van der Waals surface area contributed by atoms with Gasteiger partial charge in [-0.3, -0.25) is 14.4 Å². The Morgan fingerprint density at radius 1 is 1.09 bits per heavy atom. The van der Waals surface area contributed by atoms with E-state index in [1.54, 1.807) is 17.0 Å². The topological polar surface area (TPSA) is 84.3 Å². The van der Waals surface area contributed by atoms with E-state index < -0.39 is 0 Å². The minimum Gasteiger partial charge on any atom is -0.352 e. The Morgan fingerprint density at radius 2 is 1.84 bits per heavy atom. The van der Waals surface area contributed by atoms with E-state index in [0.29, 0.717) is 11.6 Å². The molecule has 2 heterocycles. The lowest BCUT2D eigenvalue weighted by molar-refractivity contribution is -0.121. The number of hydrogen-bond acceptors (Lipinski definition) is 4. The number of nitrogens with one attached hydrogen (secondary N) is 1. The highest BCUT2D eigenvalue weighted by Gasteiger charge is 2.32. The lowest BCUT2D eigenvalue weighted by Crippen LogP contribution is -2.38. The Kier molecular flexibility index (Phi) is 6.37. The molecule has 8 heteroatoms. The fraction of sp³-hybridized carbons (Fsp3) is 0.250. The van der Waals surface area contributed by atoms with Crippen molar-refractivity contribution in [2.24, 2.45) is 0 Å². The summed E-state index contributed by atoms with van der Waals surface area (Å²) in [6, 6.07) is 17.7. The fourth-order valence-electron chi connectivity index (χ4n) is 3.82. The average Bonchev–Trinajstić information content (AvgIpc) is 3.13. The van der Waals surface area contributed by atoms with E-state index in [9.17, 15) is 14.4 Å². The second-order valence-corrected chi connectivity index (χ2v) is 8.23. The van der Waals surface area contributed by atoms with Crippen molar-refractivity contribution in [1.29, 1.82) is 0 Å². The molecule has 0 saturated heterocycles. The predicted octanol–water partition coefficient (Wildman–Crippen LogP) is 3.19. The molecule has 7 nitrogen and oxygen atoms in total. The summed E-state index contributed by atoms with van der Waals surface area (Å²) in [5, 5.41) is 7.68. The molecule has 3 aromatic rings. The number of aryl methyl sites for hydroxylation is 1. The number of nitrogens with zero attached hydrogens (tertiary/aromatic N) is 3. The van der Waals surface area contributed by atoms with Crippen LogP contribution >= 0.6 is 11.6 Å². The molecule has 4 rings (SSSR count). The zero-order valence-corrected chi connectivity index (χ0v) is 18.4. The molecule has 164 valence electrons. The number of fused-ring (bicyclic) bond motifs is 1. The normalized spacial score (nSPS) is 14.8. The standard InChI is InChI=1S/C24H23ClN4O3/c1-16-14-18-4-2-3-5-21(18)29(16)24(32)20-10-11-23(31)28(27-20)13-12-22(30)26-15-17-6-8-19(25)9-7-17/h2-11,16H,12-15H2,1H3,(H,26,30)/t16-/m0/s1. The molecule has 32 heavy (non-hydrogen) atoms. The van der Waals surface area contributed by atoms with Crippen molar-refractivity contribution in [1.82, 2.24) is 15.1 Å². The summed E-state index contributed by atoms with van der Waals surface area (Å²) in [5.74, 6) is -0.476. The van der Waals surface area contributed by atoms with Crippen molar-refractivity contribution in [3.05, 3.63) is 92.9 Å². The molecule has 1 atom stereocenters. The summed E-state index contributed by atoms with van der Waals surface area (Å²) in [6.07, 6.45) is 0.844. The third kappa shape index (κ3) is 4.73. The van der Waals surface area contributed by atoms with Crippen molar-refractivity contribution < 1.29 is 9.59 Å². The molecule has 0 saturated carbocycles. The van der Waals surface area contributed by atoms with Gasteiger partial charge >= 0.3 is 0 Å². The van der Waals surface area contributed by atoms with Gasteiger partial charge in [0.15, 0.2) is 0 Å². The molecule has 0 radical (unpaired) electrons. The third-order valence-corrected chi connectivity index (χ3v) is 5.72. The third-order valence-electron chi connectivity index (χ3n) is 5.47. The second kappa shape index (κ2) is 9.36. The lowest BCUT2D eigenvalue weighted by Gasteiger charge is -2.22. The molecule has 0 fully saturated rings. The summed E-state index contributed by atoms with van der Waals surface area (Å²) >= 11 is 5.86. The van der Waals surface area contributed by atoms with Crippen molar-refractivity contribution in [2.45, 2.75) is 38.9 Å². The predicted molar refractivity (Wildman–Crippen MR) is 123 cm³/mol. The largest absolute Gasteiger partial charge is 0.352 e. The molecule has 0 spiro atoms. The highest BCUT2D eigenvalue weighted by Crippen LogP contribution is 2.32. The molecule has 0 unspecified atom stereocenters. The number of carbonyl (C=O) groups is 2. The molecule has 0 aliphatic carbocycles. The fourth-order valence-corrected chi connectivity index (χ4v) is 3.95. The van der Waals surface area contributed by atoms with E-state index >= 15 is 0 Å². The van der Waals surface area contributed by atoms with E-state index in [2.05, 4.69) is 10.4 Å². The molecule has 2 aromatic carbocycles. The van der Waals surface area contributed by atoms with Crippen LogP contribution in [0.15, 0.2) is 65.5 Å². The van der Waals surface area contributed by atoms with E-state index in [-0.39, 0.29) is 42.1 Å². The SMILES string of the molecule is C[C@H]1Cc2ccccc2N1C(=O)c1ccc(=O)n(CCC(=O)NCc2ccc(Cl)cc2)n1.